The molecule has 0 radical (unpaired) electrons. The number of Topliss-reactive ketones (excluding diaryl/α,β-unsaturated/α-hetero) is 1. The standard InChI is InChI=1S/C29H34N2O6/c1-3-13-36-23-6-4-5-20(18-23)26-25(27(32)21-7-8-24-22(17-21)16-19(2)37-24)28(33)29(34)31(26)10-9-30-11-14-35-15-12-30/h4-8,17-19,26,32H,3,9-16H2,1-2H3. The van der Waals surface area contributed by atoms with Crippen molar-refractivity contribution in [2.45, 2.75) is 38.8 Å². The molecule has 3 aliphatic rings. The predicted molar refractivity (Wildman–Crippen MR) is 135 cm³/mol. The Morgan fingerprint density at radius 3 is 2.76 bits per heavy atom. The summed E-state index contributed by atoms with van der Waals surface area (Å²) in [6, 6.07) is 11.9. The molecule has 37 heavy (non-hydrogen) atoms. The Balaban J connectivity index is 1.53. The maximum atomic E-state index is 13.8. The van der Waals surface area contributed by atoms with Gasteiger partial charge < -0.3 is 29.1 Å². The number of ketones is 1. The quantitative estimate of drug-likeness (QED) is 0.326. The lowest BCUT2D eigenvalue weighted by molar-refractivity contribution is -0.907. The van der Waals surface area contributed by atoms with E-state index in [9.17, 15) is 14.7 Å². The van der Waals surface area contributed by atoms with Crippen molar-refractivity contribution in [2.75, 3.05) is 46.0 Å². The molecule has 8 heteroatoms. The van der Waals surface area contributed by atoms with Gasteiger partial charge in [0, 0.05) is 12.0 Å². The van der Waals surface area contributed by atoms with E-state index in [2.05, 4.69) is 0 Å². The molecule has 2 atom stereocenters. The lowest BCUT2D eigenvalue weighted by atomic mass is 9.94. The topological polar surface area (TPSA) is 92.6 Å². The van der Waals surface area contributed by atoms with Gasteiger partial charge >= 0.3 is 0 Å². The Morgan fingerprint density at radius 1 is 1.16 bits per heavy atom. The molecule has 3 aliphatic heterocycles. The maximum absolute atomic E-state index is 13.8. The molecule has 0 aromatic heterocycles. The van der Waals surface area contributed by atoms with Crippen molar-refractivity contribution < 1.29 is 33.8 Å². The molecular weight excluding hydrogens is 472 g/mol. The average molecular weight is 507 g/mol. The van der Waals surface area contributed by atoms with Crippen LogP contribution in [-0.4, -0.2) is 68.7 Å². The van der Waals surface area contributed by atoms with Crippen molar-refractivity contribution in [2.24, 2.45) is 0 Å². The zero-order valence-corrected chi connectivity index (χ0v) is 21.5. The second kappa shape index (κ2) is 10.9. The van der Waals surface area contributed by atoms with Crippen LogP contribution in [0.2, 0.25) is 0 Å². The second-order valence-electron chi connectivity index (χ2n) is 9.96. The minimum atomic E-state index is -0.762. The number of amides is 1. The highest BCUT2D eigenvalue weighted by atomic mass is 16.5. The first-order valence-corrected chi connectivity index (χ1v) is 13.2. The molecule has 0 bridgehead atoms. The summed E-state index contributed by atoms with van der Waals surface area (Å²) in [6.45, 7) is 8.68. The fraction of sp³-hybridized carbons (Fsp3) is 0.448. The molecule has 196 valence electrons. The molecule has 8 nitrogen and oxygen atoms in total. The summed E-state index contributed by atoms with van der Waals surface area (Å²) in [5, 5.41) is 13.8. The van der Waals surface area contributed by atoms with E-state index in [0.717, 1.165) is 30.8 Å². The highest BCUT2D eigenvalue weighted by molar-refractivity contribution is 6.46. The van der Waals surface area contributed by atoms with Gasteiger partial charge in [-0.05, 0) is 54.3 Å². The van der Waals surface area contributed by atoms with Crippen molar-refractivity contribution in [1.82, 2.24) is 4.90 Å². The Bertz CT molecular complexity index is 1200. The summed E-state index contributed by atoms with van der Waals surface area (Å²) in [6.07, 6.45) is 1.60. The zero-order valence-electron chi connectivity index (χ0n) is 21.5. The number of hydrogen-bond donors (Lipinski definition) is 1. The van der Waals surface area contributed by atoms with Crippen LogP contribution in [-0.2, 0) is 20.7 Å². The number of ether oxygens (including phenoxy) is 3. The van der Waals surface area contributed by atoms with Crippen molar-refractivity contribution >= 4 is 17.4 Å². The van der Waals surface area contributed by atoms with Gasteiger partial charge in [-0.25, -0.2) is 0 Å². The summed E-state index contributed by atoms with van der Waals surface area (Å²) in [4.78, 5) is 29.6. The van der Waals surface area contributed by atoms with Crippen LogP contribution in [0.4, 0.5) is 0 Å². The van der Waals surface area contributed by atoms with Crippen LogP contribution in [0.5, 0.6) is 11.5 Å². The Labute approximate surface area is 217 Å². The van der Waals surface area contributed by atoms with Crippen LogP contribution >= 0.6 is 0 Å². The van der Waals surface area contributed by atoms with Gasteiger partial charge in [-0.3, -0.25) is 9.59 Å². The van der Waals surface area contributed by atoms with Crippen LogP contribution in [0.15, 0.2) is 48.0 Å². The molecule has 0 spiro atoms. The van der Waals surface area contributed by atoms with E-state index in [-0.39, 0.29) is 11.7 Å². The number of nitrogens with one attached hydrogen (secondary N) is 1. The third-order valence-electron chi connectivity index (χ3n) is 7.24. The van der Waals surface area contributed by atoms with Gasteiger partial charge in [-0.2, -0.15) is 0 Å². The minimum Gasteiger partial charge on any atom is -0.872 e. The normalized spacial score (nSPS) is 23.2. The van der Waals surface area contributed by atoms with E-state index in [4.69, 9.17) is 14.2 Å². The van der Waals surface area contributed by atoms with Gasteiger partial charge in [0.1, 0.15) is 30.7 Å². The van der Waals surface area contributed by atoms with E-state index in [1.54, 1.807) is 23.1 Å². The number of hydrogen-bond acceptors (Lipinski definition) is 6. The van der Waals surface area contributed by atoms with Crippen LogP contribution in [0.1, 0.15) is 43.0 Å². The molecule has 1 N–H and O–H groups in total. The molecule has 0 aliphatic carbocycles. The number of rotatable bonds is 8. The van der Waals surface area contributed by atoms with Gasteiger partial charge in [0.15, 0.2) is 0 Å². The molecule has 0 saturated carbocycles. The zero-order chi connectivity index (χ0) is 25.9. The molecule has 2 unspecified atom stereocenters. The minimum absolute atomic E-state index is 0.00142. The second-order valence-corrected chi connectivity index (χ2v) is 9.96. The summed E-state index contributed by atoms with van der Waals surface area (Å²) in [5.74, 6) is -0.349. The van der Waals surface area contributed by atoms with E-state index >= 15 is 0 Å². The number of fused-ring (bicyclic) bond motifs is 1. The monoisotopic (exact) mass is 506 g/mol. The fourth-order valence-electron chi connectivity index (χ4n) is 5.35. The summed E-state index contributed by atoms with van der Waals surface area (Å²) in [5.41, 5.74) is 2.04. The first-order chi connectivity index (χ1) is 18.0. The number of morpholine rings is 1. The molecule has 2 aromatic rings. The largest absolute Gasteiger partial charge is 0.872 e. The molecule has 1 amide bonds. The van der Waals surface area contributed by atoms with Crippen LogP contribution in [0.25, 0.3) is 5.76 Å². The first kappa shape index (κ1) is 25.3. The number of carbonyl (C=O) groups excluding carboxylic acids is 2. The summed E-state index contributed by atoms with van der Waals surface area (Å²) < 4.78 is 17.1. The third kappa shape index (κ3) is 5.22. The fourth-order valence-corrected chi connectivity index (χ4v) is 5.35. The van der Waals surface area contributed by atoms with Crippen LogP contribution < -0.4 is 19.5 Å². The third-order valence-corrected chi connectivity index (χ3v) is 7.24. The molecule has 2 fully saturated rings. The first-order valence-electron chi connectivity index (χ1n) is 13.2. The molecule has 2 aromatic carbocycles. The average Bonchev–Trinajstić information content (AvgIpc) is 3.41. The smallest absolute Gasteiger partial charge is 0.295 e. The van der Waals surface area contributed by atoms with Crippen molar-refractivity contribution in [1.29, 1.82) is 0 Å². The van der Waals surface area contributed by atoms with E-state index < -0.39 is 23.5 Å². The number of quaternary nitrogens is 1. The molecule has 5 rings (SSSR count). The molecule has 3 heterocycles. The Hall–Kier alpha value is -3.36. The highest BCUT2D eigenvalue weighted by Gasteiger charge is 2.44. The van der Waals surface area contributed by atoms with Crippen molar-refractivity contribution in [3.8, 4) is 11.5 Å². The van der Waals surface area contributed by atoms with Gasteiger partial charge in [0.2, 0.25) is 5.78 Å². The van der Waals surface area contributed by atoms with E-state index in [0.29, 0.717) is 56.2 Å². The van der Waals surface area contributed by atoms with Crippen LogP contribution in [0, 0.1) is 0 Å². The molecular formula is C29H34N2O6. The lowest BCUT2D eigenvalue weighted by Gasteiger charge is -2.30. The number of nitrogens with zero attached hydrogens (tertiary/aromatic N) is 1. The molecule has 2 saturated heterocycles. The van der Waals surface area contributed by atoms with E-state index in [1.165, 1.54) is 4.90 Å². The van der Waals surface area contributed by atoms with Crippen molar-refractivity contribution in [3.63, 3.8) is 0 Å². The van der Waals surface area contributed by atoms with Gasteiger partial charge in [-0.1, -0.05) is 30.9 Å². The van der Waals surface area contributed by atoms with Gasteiger partial charge in [0.25, 0.3) is 5.91 Å². The van der Waals surface area contributed by atoms with Crippen LogP contribution in [0.3, 0.4) is 0 Å². The predicted octanol–water partition coefficient (Wildman–Crippen LogP) is 0.938. The summed E-state index contributed by atoms with van der Waals surface area (Å²) in [7, 11) is 0. The number of likely N-dealkylation sites (tertiary alicyclic amines) is 1. The summed E-state index contributed by atoms with van der Waals surface area (Å²) >= 11 is 0. The number of benzene rings is 2. The Morgan fingerprint density at radius 2 is 1.97 bits per heavy atom. The van der Waals surface area contributed by atoms with E-state index in [1.807, 2.05) is 38.1 Å². The van der Waals surface area contributed by atoms with Gasteiger partial charge in [0.05, 0.1) is 39.0 Å². The number of carbonyl (C=O) groups is 2. The van der Waals surface area contributed by atoms with Crippen molar-refractivity contribution in [3.05, 3.63) is 64.7 Å². The van der Waals surface area contributed by atoms with Gasteiger partial charge in [-0.15, -0.1) is 0 Å². The SMILES string of the molecule is CCCOc1cccc(C2C(=C([O-])c3ccc4c(c3)CC(C)O4)C(=O)C(=O)N2CC[NH+]2CCOCC2)c1. The maximum Gasteiger partial charge on any atom is 0.295 e. The lowest BCUT2D eigenvalue weighted by Crippen LogP contribution is -3.14. The Kier molecular flexibility index (Phi) is 7.48. The highest BCUT2D eigenvalue weighted by Crippen LogP contribution is 2.40.